The smallest absolute Gasteiger partial charge is 0.331 e. The van der Waals surface area contributed by atoms with Gasteiger partial charge in [-0.15, -0.1) is 0 Å². The molecule has 1 aromatic heterocycles. The second-order valence-corrected chi connectivity index (χ2v) is 5.48. The molecule has 0 saturated heterocycles. The van der Waals surface area contributed by atoms with Crippen LogP contribution in [0.3, 0.4) is 0 Å². The van der Waals surface area contributed by atoms with Crippen molar-refractivity contribution in [3.8, 4) is 11.6 Å². The summed E-state index contributed by atoms with van der Waals surface area (Å²) in [4.78, 5) is 26.6. The van der Waals surface area contributed by atoms with Gasteiger partial charge in [-0.2, -0.15) is 0 Å². The minimum Gasteiger partial charge on any atom is -0.434 e. The highest BCUT2D eigenvalue weighted by Gasteiger charge is 2.16. The molecule has 0 spiro atoms. The second kappa shape index (κ2) is 7.11. The molecule has 1 heterocycles. The molecule has 0 aliphatic rings. The number of benzene rings is 2. The lowest BCUT2D eigenvalue weighted by molar-refractivity contribution is -0.386. The molecule has 0 atom stereocenters. The summed E-state index contributed by atoms with van der Waals surface area (Å²) >= 11 is 5.81. The number of hydrogen-bond acceptors (Lipinski definition) is 5. The Morgan fingerprint density at radius 2 is 1.60 bits per heavy atom. The van der Waals surface area contributed by atoms with E-state index in [0.717, 1.165) is 0 Å². The van der Waals surface area contributed by atoms with Crippen LogP contribution in [0.1, 0.15) is 15.9 Å². The average Bonchev–Trinajstić information content (AvgIpc) is 2.63. The predicted molar refractivity (Wildman–Crippen MR) is 92.3 cm³/mol. The SMILES string of the molecule is O=C(c1ccc(Cl)cc1)c1ccc(Oc2ncccc2[N+](=O)[O-])cc1. The third kappa shape index (κ3) is 3.81. The number of rotatable bonds is 5. The van der Waals surface area contributed by atoms with Gasteiger partial charge < -0.3 is 4.74 Å². The van der Waals surface area contributed by atoms with Crippen LogP contribution in [0.5, 0.6) is 11.6 Å². The Morgan fingerprint density at radius 1 is 1.00 bits per heavy atom. The number of carbonyl (C=O) groups is 1. The molecule has 0 N–H and O–H groups in total. The van der Waals surface area contributed by atoms with Crippen molar-refractivity contribution in [3.05, 3.63) is 93.1 Å². The first-order chi connectivity index (χ1) is 12.0. The van der Waals surface area contributed by atoms with E-state index in [2.05, 4.69) is 4.98 Å². The van der Waals surface area contributed by atoms with E-state index in [-0.39, 0.29) is 17.4 Å². The number of ether oxygens (including phenoxy) is 1. The van der Waals surface area contributed by atoms with Gasteiger partial charge >= 0.3 is 5.69 Å². The van der Waals surface area contributed by atoms with Crippen molar-refractivity contribution in [2.75, 3.05) is 0 Å². The lowest BCUT2D eigenvalue weighted by Gasteiger charge is -2.06. The molecule has 0 aliphatic heterocycles. The number of ketones is 1. The fraction of sp³-hybridized carbons (Fsp3) is 0. The molecule has 0 radical (unpaired) electrons. The summed E-state index contributed by atoms with van der Waals surface area (Å²) in [6.45, 7) is 0. The first kappa shape index (κ1) is 16.6. The highest BCUT2D eigenvalue weighted by molar-refractivity contribution is 6.30. The van der Waals surface area contributed by atoms with E-state index in [1.54, 1.807) is 48.5 Å². The number of carbonyl (C=O) groups excluding carboxylic acids is 1. The van der Waals surface area contributed by atoms with Gasteiger partial charge in [0.05, 0.1) is 4.92 Å². The molecule has 0 amide bonds. The normalized spacial score (nSPS) is 10.3. The topological polar surface area (TPSA) is 82.3 Å². The molecule has 124 valence electrons. The quantitative estimate of drug-likeness (QED) is 0.378. The molecule has 0 fully saturated rings. The van der Waals surface area contributed by atoms with E-state index in [4.69, 9.17) is 16.3 Å². The Morgan fingerprint density at radius 3 is 2.20 bits per heavy atom. The number of halogens is 1. The Kier molecular flexibility index (Phi) is 4.72. The van der Waals surface area contributed by atoms with Crippen LogP contribution in [0.25, 0.3) is 0 Å². The molecular formula is C18H11ClN2O4. The first-order valence-corrected chi connectivity index (χ1v) is 7.60. The second-order valence-electron chi connectivity index (χ2n) is 5.05. The lowest BCUT2D eigenvalue weighted by Crippen LogP contribution is -2.01. The first-order valence-electron chi connectivity index (χ1n) is 7.22. The van der Waals surface area contributed by atoms with Gasteiger partial charge in [-0.3, -0.25) is 14.9 Å². The molecule has 6 nitrogen and oxygen atoms in total. The number of nitro groups is 1. The van der Waals surface area contributed by atoms with Gasteiger partial charge in [-0.25, -0.2) is 4.98 Å². The molecular weight excluding hydrogens is 344 g/mol. The van der Waals surface area contributed by atoms with Gasteiger partial charge in [0.1, 0.15) is 5.75 Å². The van der Waals surface area contributed by atoms with Crippen molar-refractivity contribution in [1.29, 1.82) is 0 Å². The van der Waals surface area contributed by atoms with E-state index < -0.39 is 4.92 Å². The molecule has 0 bridgehead atoms. The molecule has 0 unspecified atom stereocenters. The van der Waals surface area contributed by atoms with Crippen LogP contribution < -0.4 is 4.74 Å². The van der Waals surface area contributed by atoms with Crippen molar-refractivity contribution < 1.29 is 14.5 Å². The van der Waals surface area contributed by atoms with Gasteiger partial charge in [0.15, 0.2) is 5.78 Å². The fourth-order valence-corrected chi connectivity index (χ4v) is 2.28. The maximum absolute atomic E-state index is 12.4. The van der Waals surface area contributed by atoms with Crippen LogP contribution in [-0.2, 0) is 0 Å². The van der Waals surface area contributed by atoms with Gasteiger partial charge in [-0.1, -0.05) is 11.6 Å². The summed E-state index contributed by atoms with van der Waals surface area (Å²) in [6.07, 6.45) is 1.40. The van der Waals surface area contributed by atoms with Crippen LogP contribution in [0.2, 0.25) is 5.02 Å². The van der Waals surface area contributed by atoms with Gasteiger partial charge in [0.2, 0.25) is 0 Å². The van der Waals surface area contributed by atoms with Gasteiger partial charge in [-0.05, 0) is 54.6 Å². The summed E-state index contributed by atoms with van der Waals surface area (Å²) < 4.78 is 5.45. The van der Waals surface area contributed by atoms with Gasteiger partial charge in [0.25, 0.3) is 5.88 Å². The number of pyridine rings is 1. The standard InChI is InChI=1S/C18H11ClN2O4/c19-14-7-3-12(4-8-14)17(22)13-5-9-15(10-6-13)25-18-16(21(23)24)2-1-11-20-18/h1-11H. The van der Waals surface area contributed by atoms with Crippen molar-refractivity contribution in [3.63, 3.8) is 0 Å². The third-order valence-corrected chi connectivity index (χ3v) is 3.64. The molecule has 7 heteroatoms. The van der Waals surface area contributed by atoms with E-state index in [0.29, 0.717) is 21.9 Å². The summed E-state index contributed by atoms with van der Waals surface area (Å²) in [5, 5.41) is 11.5. The minimum atomic E-state index is -0.569. The van der Waals surface area contributed by atoms with Crippen LogP contribution in [0.4, 0.5) is 5.69 Å². The van der Waals surface area contributed by atoms with Gasteiger partial charge in [0, 0.05) is 28.4 Å². The Hall–Kier alpha value is -3.25. The summed E-state index contributed by atoms with van der Waals surface area (Å²) in [5.41, 5.74) is 0.743. The highest BCUT2D eigenvalue weighted by Crippen LogP contribution is 2.28. The summed E-state index contributed by atoms with van der Waals surface area (Å²) in [6, 6.07) is 15.6. The maximum Gasteiger partial charge on any atom is 0.331 e. The van der Waals surface area contributed by atoms with Crippen molar-refractivity contribution in [2.24, 2.45) is 0 Å². The monoisotopic (exact) mass is 354 g/mol. The number of hydrogen-bond donors (Lipinski definition) is 0. The van der Waals surface area contributed by atoms with Crippen LogP contribution >= 0.6 is 11.6 Å². The lowest BCUT2D eigenvalue weighted by atomic mass is 10.0. The molecule has 25 heavy (non-hydrogen) atoms. The predicted octanol–water partition coefficient (Wildman–Crippen LogP) is 4.67. The van der Waals surface area contributed by atoms with Crippen LogP contribution in [-0.4, -0.2) is 15.7 Å². The third-order valence-electron chi connectivity index (χ3n) is 3.39. The zero-order valence-electron chi connectivity index (χ0n) is 12.8. The van der Waals surface area contributed by atoms with E-state index >= 15 is 0 Å². The average molecular weight is 355 g/mol. The maximum atomic E-state index is 12.4. The fourth-order valence-electron chi connectivity index (χ4n) is 2.15. The molecule has 0 aliphatic carbocycles. The zero-order chi connectivity index (χ0) is 17.8. The highest BCUT2D eigenvalue weighted by atomic mass is 35.5. The van der Waals surface area contributed by atoms with E-state index in [1.165, 1.54) is 18.3 Å². The molecule has 3 rings (SSSR count). The zero-order valence-corrected chi connectivity index (χ0v) is 13.5. The Bertz CT molecular complexity index is 925. The van der Waals surface area contributed by atoms with Crippen LogP contribution in [0.15, 0.2) is 66.9 Å². The molecule has 0 saturated carbocycles. The van der Waals surface area contributed by atoms with E-state index in [1.807, 2.05) is 0 Å². The van der Waals surface area contributed by atoms with Crippen molar-refractivity contribution >= 4 is 23.1 Å². The summed E-state index contributed by atoms with van der Waals surface area (Å²) in [7, 11) is 0. The molecule has 3 aromatic rings. The number of aromatic nitrogens is 1. The van der Waals surface area contributed by atoms with E-state index in [9.17, 15) is 14.9 Å². The van der Waals surface area contributed by atoms with Crippen molar-refractivity contribution in [1.82, 2.24) is 4.98 Å². The van der Waals surface area contributed by atoms with Crippen LogP contribution in [0, 0.1) is 10.1 Å². The largest absolute Gasteiger partial charge is 0.434 e. The number of nitrogens with zero attached hydrogens (tertiary/aromatic N) is 2. The Labute approximate surface area is 147 Å². The molecule has 2 aromatic carbocycles. The minimum absolute atomic E-state index is 0.107. The Balaban J connectivity index is 1.80. The van der Waals surface area contributed by atoms with Crippen molar-refractivity contribution in [2.45, 2.75) is 0 Å². The summed E-state index contributed by atoms with van der Waals surface area (Å²) in [5.74, 6) is 0.0748.